The van der Waals surface area contributed by atoms with Crippen LogP contribution >= 0.6 is 0 Å². The molecule has 1 atom stereocenters. The molecule has 0 radical (unpaired) electrons. The van der Waals surface area contributed by atoms with Crippen LogP contribution in [0.5, 0.6) is 0 Å². The van der Waals surface area contributed by atoms with Gasteiger partial charge in [0, 0.05) is 50.7 Å². The zero-order valence-electron chi connectivity index (χ0n) is 10.2. The third-order valence-electron chi connectivity index (χ3n) is 3.27. The Labute approximate surface area is 97.6 Å². The van der Waals surface area contributed by atoms with Crippen LogP contribution in [0.3, 0.4) is 0 Å². The summed E-state index contributed by atoms with van der Waals surface area (Å²) in [4.78, 5) is 8.07. The first-order chi connectivity index (χ1) is 7.75. The molecular formula is C12H22N4. The second-order valence-electron chi connectivity index (χ2n) is 4.73. The van der Waals surface area contributed by atoms with Crippen molar-refractivity contribution in [1.29, 1.82) is 0 Å². The number of aromatic amines is 1. The van der Waals surface area contributed by atoms with Gasteiger partial charge in [-0.1, -0.05) is 0 Å². The lowest BCUT2D eigenvalue weighted by Gasteiger charge is -2.35. The maximum Gasteiger partial charge on any atom is 0.0382 e. The SMILES string of the molecule is CN(Cc1ccc[nH]1)CC1CNCCN1C. The predicted octanol–water partition coefficient (Wildman–Crippen LogP) is 0.350. The molecule has 1 saturated heterocycles. The van der Waals surface area contributed by atoms with Gasteiger partial charge in [0.1, 0.15) is 0 Å². The summed E-state index contributed by atoms with van der Waals surface area (Å²) in [7, 11) is 4.40. The summed E-state index contributed by atoms with van der Waals surface area (Å²) in [5.74, 6) is 0. The van der Waals surface area contributed by atoms with Crippen molar-refractivity contribution in [3.8, 4) is 0 Å². The maximum atomic E-state index is 3.45. The van der Waals surface area contributed by atoms with Crippen molar-refractivity contribution in [2.45, 2.75) is 12.6 Å². The number of nitrogens with one attached hydrogen (secondary N) is 2. The van der Waals surface area contributed by atoms with Crippen molar-refractivity contribution in [3.05, 3.63) is 24.0 Å². The van der Waals surface area contributed by atoms with E-state index in [0.717, 1.165) is 32.7 Å². The Morgan fingerprint density at radius 3 is 3.12 bits per heavy atom. The third kappa shape index (κ3) is 3.07. The second-order valence-corrected chi connectivity index (χ2v) is 4.73. The van der Waals surface area contributed by atoms with E-state index in [1.807, 2.05) is 6.20 Å². The lowest BCUT2D eigenvalue weighted by Crippen LogP contribution is -2.53. The monoisotopic (exact) mass is 222 g/mol. The van der Waals surface area contributed by atoms with Crippen LogP contribution in [0.2, 0.25) is 0 Å². The van der Waals surface area contributed by atoms with Crippen molar-refractivity contribution < 1.29 is 0 Å². The Balaban J connectivity index is 1.79. The Morgan fingerprint density at radius 2 is 2.44 bits per heavy atom. The molecule has 0 amide bonds. The van der Waals surface area contributed by atoms with Crippen molar-refractivity contribution in [2.75, 3.05) is 40.3 Å². The standard InChI is InChI=1S/C12H22N4/c1-15(9-11-4-3-5-14-11)10-12-8-13-6-7-16(12)2/h3-5,12-14H,6-10H2,1-2H3. The molecule has 90 valence electrons. The molecule has 4 nitrogen and oxygen atoms in total. The van der Waals surface area contributed by atoms with E-state index in [2.05, 4.69) is 46.3 Å². The van der Waals surface area contributed by atoms with Crippen molar-refractivity contribution in [1.82, 2.24) is 20.1 Å². The Bertz CT molecular complexity index is 296. The average molecular weight is 222 g/mol. The topological polar surface area (TPSA) is 34.3 Å². The van der Waals surface area contributed by atoms with Gasteiger partial charge in [0.15, 0.2) is 0 Å². The van der Waals surface area contributed by atoms with Gasteiger partial charge in [-0.25, -0.2) is 0 Å². The molecule has 1 fully saturated rings. The van der Waals surface area contributed by atoms with E-state index in [4.69, 9.17) is 0 Å². The molecule has 0 aromatic carbocycles. The Hall–Kier alpha value is -0.840. The van der Waals surface area contributed by atoms with Crippen LogP contribution in [0.4, 0.5) is 0 Å². The van der Waals surface area contributed by atoms with Gasteiger partial charge >= 0.3 is 0 Å². The molecule has 4 heteroatoms. The van der Waals surface area contributed by atoms with Crippen molar-refractivity contribution in [3.63, 3.8) is 0 Å². The Morgan fingerprint density at radius 1 is 1.56 bits per heavy atom. The van der Waals surface area contributed by atoms with E-state index >= 15 is 0 Å². The van der Waals surface area contributed by atoms with Crippen LogP contribution in [-0.2, 0) is 6.54 Å². The zero-order chi connectivity index (χ0) is 11.4. The van der Waals surface area contributed by atoms with Gasteiger partial charge in [-0.2, -0.15) is 0 Å². The molecule has 1 aliphatic rings. The van der Waals surface area contributed by atoms with E-state index < -0.39 is 0 Å². The molecule has 2 rings (SSSR count). The fraction of sp³-hybridized carbons (Fsp3) is 0.667. The molecule has 0 spiro atoms. The van der Waals surface area contributed by atoms with E-state index in [-0.39, 0.29) is 0 Å². The van der Waals surface area contributed by atoms with Gasteiger partial charge in [0.05, 0.1) is 0 Å². The molecular weight excluding hydrogens is 200 g/mol. The van der Waals surface area contributed by atoms with Crippen LogP contribution in [0.1, 0.15) is 5.69 Å². The quantitative estimate of drug-likeness (QED) is 0.771. The Kier molecular flexibility index (Phi) is 3.98. The van der Waals surface area contributed by atoms with Crippen molar-refractivity contribution >= 4 is 0 Å². The lowest BCUT2D eigenvalue weighted by molar-refractivity contribution is 0.149. The fourth-order valence-electron chi connectivity index (χ4n) is 2.25. The molecule has 2 heterocycles. The second kappa shape index (κ2) is 5.48. The first-order valence-corrected chi connectivity index (χ1v) is 5.97. The largest absolute Gasteiger partial charge is 0.364 e. The number of H-pyrrole nitrogens is 1. The fourth-order valence-corrected chi connectivity index (χ4v) is 2.25. The van der Waals surface area contributed by atoms with Gasteiger partial charge in [-0.05, 0) is 26.2 Å². The predicted molar refractivity (Wildman–Crippen MR) is 66.4 cm³/mol. The minimum atomic E-state index is 0.633. The van der Waals surface area contributed by atoms with Gasteiger partial charge < -0.3 is 10.3 Å². The first-order valence-electron chi connectivity index (χ1n) is 5.97. The molecule has 1 aliphatic heterocycles. The maximum absolute atomic E-state index is 3.45. The number of nitrogens with zero attached hydrogens (tertiary/aromatic N) is 2. The normalized spacial score (nSPS) is 22.8. The summed E-state index contributed by atoms with van der Waals surface area (Å²) in [6.45, 7) is 5.49. The lowest BCUT2D eigenvalue weighted by atomic mass is 10.2. The van der Waals surface area contributed by atoms with Gasteiger partial charge in [-0.15, -0.1) is 0 Å². The minimum Gasteiger partial charge on any atom is -0.364 e. The summed E-state index contributed by atoms with van der Waals surface area (Å²) in [6, 6.07) is 4.82. The zero-order valence-corrected chi connectivity index (χ0v) is 10.2. The number of rotatable bonds is 4. The van der Waals surface area contributed by atoms with E-state index in [9.17, 15) is 0 Å². The highest BCUT2D eigenvalue weighted by atomic mass is 15.2. The van der Waals surface area contributed by atoms with Crippen LogP contribution in [0.25, 0.3) is 0 Å². The summed E-state index contributed by atoms with van der Waals surface area (Å²) in [5, 5.41) is 3.45. The van der Waals surface area contributed by atoms with Gasteiger partial charge in [-0.3, -0.25) is 9.80 Å². The highest BCUT2D eigenvalue weighted by Crippen LogP contribution is 2.05. The summed E-state index contributed by atoms with van der Waals surface area (Å²) < 4.78 is 0. The molecule has 16 heavy (non-hydrogen) atoms. The van der Waals surface area contributed by atoms with Crippen LogP contribution in [0.15, 0.2) is 18.3 Å². The highest BCUT2D eigenvalue weighted by molar-refractivity contribution is 5.03. The molecule has 0 aliphatic carbocycles. The van der Waals surface area contributed by atoms with Crippen LogP contribution < -0.4 is 5.32 Å². The van der Waals surface area contributed by atoms with Crippen molar-refractivity contribution in [2.24, 2.45) is 0 Å². The minimum absolute atomic E-state index is 0.633. The highest BCUT2D eigenvalue weighted by Gasteiger charge is 2.19. The van der Waals surface area contributed by atoms with Gasteiger partial charge in [0.25, 0.3) is 0 Å². The van der Waals surface area contributed by atoms with E-state index in [0.29, 0.717) is 6.04 Å². The van der Waals surface area contributed by atoms with Crippen LogP contribution in [-0.4, -0.2) is 61.1 Å². The number of hydrogen-bond acceptors (Lipinski definition) is 3. The van der Waals surface area contributed by atoms with E-state index in [1.165, 1.54) is 5.69 Å². The number of piperazine rings is 1. The van der Waals surface area contributed by atoms with E-state index in [1.54, 1.807) is 0 Å². The third-order valence-corrected chi connectivity index (χ3v) is 3.27. The summed E-state index contributed by atoms with van der Waals surface area (Å²) in [5.41, 5.74) is 1.29. The summed E-state index contributed by atoms with van der Waals surface area (Å²) in [6.07, 6.45) is 1.98. The van der Waals surface area contributed by atoms with Crippen LogP contribution in [0, 0.1) is 0 Å². The molecule has 2 N–H and O–H groups in total. The number of hydrogen-bond donors (Lipinski definition) is 2. The molecule has 0 bridgehead atoms. The molecule has 1 aromatic rings. The molecule has 0 saturated carbocycles. The van der Waals surface area contributed by atoms with Gasteiger partial charge in [0.2, 0.25) is 0 Å². The average Bonchev–Trinajstić information content (AvgIpc) is 2.74. The molecule has 1 unspecified atom stereocenters. The number of likely N-dealkylation sites (N-methyl/N-ethyl adjacent to an activating group) is 2. The summed E-state index contributed by atoms with van der Waals surface area (Å²) >= 11 is 0. The smallest absolute Gasteiger partial charge is 0.0382 e. The first kappa shape index (κ1) is 11.6. The number of aromatic nitrogens is 1. The molecule has 1 aromatic heterocycles.